The monoisotopic (exact) mass is 296 g/mol. The number of carbonyl (C=O) groups excluding carboxylic acids is 1. The predicted octanol–water partition coefficient (Wildman–Crippen LogP) is 0.930. The van der Waals surface area contributed by atoms with E-state index in [0.717, 1.165) is 0 Å². The normalized spacial score (nSPS) is 13.4. The van der Waals surface area contributed by atoms with Crippen LogP contribution in [0, 0.1) is 5.41 Å². The molecule has 0 aromatic carbocycles. The molecule has 0 atom stereocenters. The zero-order chi connectivity index (χ0) is 15.3. The van der Waals surface area contributed by atoms with Gasteiger partial charge in [0.2, 0.25) is 0 Å². The first-order chi connectivity index (χ1) is 8.33. The van der Waals surface area contributed by atoms with E-state index in [4.69, 9.17) is 9.29 Å². The summed E-state index contributed by atoms with van der Waals surface area (Å²) in [5.74, 6) is -0.485. The van der Waals surface area contributed by atoms with Crippen LogP contribution >= 0.6 is 0 Å². The van der Waals surface area contributed by atoms with E-state index in [1.54, 1.807) is 20.8 Å². The topological polar surface area (TPSA) is 80.7 Å². The smallest absolute Gasteiger partial charge is 0.311 e. The largest absolute Gasteiger partial charge is 0.459 e. The number of carbonyl (C=O) groups is 1. The maximum atomic E-state index is 11.6. The van der Waals surface area contributed by atoms with Crippen LogP contribution in [-0.2, 0) is 19.6 Å². The van der Waals surface area contributed by atoms with Crippen LogP contribution < -0.4 is 0 Å². The number of nitrogens with zero attached hydrogens (tertiary/aromatic N) is 1. The van der Waals surface area contributed by atoms with Crippen LogP contribution in [0.5, 0.6) is 0 Å². The maximum absolute atomic E-state index is 11.6. The van der Waals surface area contributed by atoms with Crippen molar-refractivity contribution < 1.29 is 27.0 Å². The highest BCUT2D eigenvalue weighted by molar-refractivity contribution is 7.85. The van der Waals surface area contributed by atoms with Crippen molar-refractivity contribution in [3.63, 3.8) is 0 Å². The molecule has 19 heavy (non-hydrogen) atoms. The first-order valence-corrected chi connectivity index (χ1v) is 7.89. The Morgan fingerprint density at radius 3 is 2.16 bits per heavy atom. The fourth-order valence-corrected chi connectivity index (χ4v) is 1.88. The van der Waals surface area contributed by atoms with Crippen molar-refractivity contribution in [1.82, 2.24) is 0 Å². The molecule has 0 aliphatic carbocycles. The quantitative estimate of drug-likeness (QED) is 0.429. The summed E-state index contributed by atoms with van der Waals surface area (Å²) in [6.07, 6.45) is 0.374. The number of hydrogen-bond donors (Lipinski definition) is 1. The minimum atomic E-state index is -3.90. The number of quaternary nitrogens is 1. The Labute approximate surface area is 116 Å². The van der Waals surface area contributed by atoms with E-state index in [0.29, 0.717) is 30.6 Å². The zero-order valence-electron chi connectivity index (χ0n) is 12.5. The van der Waals surface area contributed by atoms with Crippen molar-refractivity contribution >= 4 is 16.1 Å². The molecule has 0 bridgehead atoms. The third-order valence-corrected chi connectivity index (χ3v) is 3.51. The molecule has 0 aromatic heterocycles. The minimum absolute atomic E-state index is 0.240. The second-order valence-electron chi connectivity index (χ2n) is 6.41. The number of ether oxygens (including phenoxy) is 1. The van der Waals surface area contributed by atoms with Gasteiger partial charge in [0.25, 0.3) is 10.1 Å². The van der Waals surface area contributed by atoms with E-state index in [2.05, 4.69) is 0 Å². The molecule has 0 heterocycles. The molecular weight excluding hydrogens is 270 g/mol. The van der Waals surface area contributed by atoms with Gasteiger partial charge in [-0.3, -0.25) is 9.35 Å². The maximum Gasteiger partial charge on any atom is 0.311 e. The number of hydrogen-bond acceptors (Lipinski definition) is 4. The second kappa shape index (κ2) is 6.67. The van der Waals surface area contributed by atoms with Crippen molar-refractivity contribution in [3.05, 3.63) is 0 Å². The van der Waals surface area contributed by atoms with Crippen LogP contribution in [0.15, 0.2) is 0 Å². The van der Waals surface area contributed by atoms with E-state index in [-0.39, 0.29) is 11.7 Å². The van der Waals surface area contributed by atoms with Crippen LogP contribution in [0.2, 0.25) is 0 Å². The highest BCUT2D eigenvalue weighted by Crippen LogP contribution is 2.15. The summed E-state index contributed by atoms with van der Waals surface area (Å²) >= 11 is 0. The SMILES string of the molecule is CC(C)(C)C(=O)OCC[N+](C)(C)CCCS(=O)(=O)O. The molecule has 0 saturated carbocycles. The Balaban J connectivity index is 4.01. The summed E-state index contributed by atoms with van der Waals surface area (Å²) in [6, 6.07) is 0. The summed E-state index contributed by atoms with van der Waals surface area (Å²) < 4.78 is 35.6. The molecule has 0 saturated heterocycles. The summed E-state index contributed by atoms with van der Waals surface area (Å²) in [4.78, 5) is 11.6. The van der Waals surface area contributed by atoms with Crippen molar-refractivity contribution in [1.29, 1.82) is 0 Å². The van der Waals surface area contributed by atoms with Gasteiger partial charge in [-0.25, -0.2) is 0 Å². The molecular formula is C12H26NO5S+. The van der Waals surface area contributed by atoms with Gasteiger partial charge in [-0.05, 0) is 20.8 Å². The summed E-state index contributed by atoms with van der Waals surface area (Å²) in [5, 5.41) is 0. The summed E-state index contributed by atoms with van der Waals surface area (Å²) in [6.45, 7) is 6.87. The van der Waals surface area contributed by atoms with E-state index < -0.39 is 15.5 Å². The van der Waals surface area contributed by atoms with Gasteiger partial charge in [0, 0.05) is 6.42 Å². The Bertz CT molecular complexity index is 395. The fourth-order valence-electron chi connectivity index (χ4n) is 1.39. The van der Waals surface area contributed by atoms with Crippen molar-refractivity contribution in [3.8, 4) is 0 Å². The Morgan fingerprint density at radius 1 is 1.21 bits per heavy atom. The molecule has 0 amide bonds. The number of rotatable bonds is 7. The first-order valence-electron chi connectivity index (χ1n) is 6.28. The average molecular weight is 296 g/mol. The van der Waals surface area contributed by atoms with Gasteiger partial charge in [-0.2, -0.15) is 8.42 Å². The molecule has 6 nitrogen and oxygen atoms in total. The lowest BCUT2D eigenvalue weighted by Crippen LogP contribution is -2.44. The van der Waals surface area contributed by atoms with Crippen LogP contribution in [-0.4, -0.2) is 63.0 Å². The summed E-state index contributed by atoms with van der Waals surface area (Å²) in [5.41, 5.74) is -0.512. The molecule has 0 fully saturated rings. The lowest BCUT2D eigenvalue weighted by molar-refractivity contribution is -0.890. The van der Waals surface area contributed by atoms with E-state index in [1.807, 2.05) is 14.1 Å². The molecule has 0 unspecified atom stereocenters. The Morgan fingerprint density at radius 2 is 1.74 bits per heavy atom. The molecule has 1 N–H and O–H groups in total. The lowest BCUT2D eigenvalue weighted by atomic mass is 9.97. The van der Waals surface area contributed by atoms with Gasteiger partial charge in [-0.15, -0.1) is 0 Å². The van der Waals surface area contributed by atoms with Gasteiger partial charge in [-0.1, -0.05) is 0 Å². The Kier molecular flexibility index (Phi) is 6.44. The highest BCUT2D eigenvalue weighted by Gasteiger charge is 2.24. The second-order valence-corrected chi connectivity index (χ2v) is 7.98. The van der Waals surface area contributed by atoms with Gasteiger partial charge in [0.05, 0.1) is 31.8 Å². The van der Waals surface area contributed by atoms with Crippen molar-refractivity contribution in [2.75, 3.05) is 39.5 Å². The van der Waals surface area contributed by atoms with Gasteiger partial charge < -0.3 is 9.22 Å². The standard InChI is InChI=1S/C12H25NO5S/c1-12(2,3)11(14)18-9-8-13(4,5)7-6-10-19(15,16)17/h6-10H2,1-5H3/p+1. The third kappa shape index (κ3) is 9.86. The number of likely N-dealkylation sites (N-methyl/N-ethyl adjacent to an activating group) is 1. The molecule has 0 aliphatic heterocycles. The highest BCUT2D eigenvalue weighted by atomic mass is 32.2. The van der Waals surface area contributed by atoms with Gasteiger partial charge in [0.15, 0.2) is 0 Å². The van der Waals surface area contributed by atoms with Crippen LogP contribution in [0.3, 0.4) is 0 Å². The van der Waals surface area contributed by atoms with Gasteiger partial charge >= 0.3 is 5.97 Å². The minimum Gasteiger partial charge on any atom is -0.459 e. The third-order valence-electron chi connectivity index (χ3n) is 2.71. The van der Waals surface area contributed by atoms with E-state index in [1.165, 1.54) is 0 Å². The molecule has 0 aliphatic rings. The van der Waals surface area contributed by atoms with E-state index >= 15 is 0 Å². The van der Waals surface area contributed by atoms with Crippen molar-refractivity contribution in [2.45, 2.75) is 27.2 Å². The molecule has 0 rings (SSSR count). The van der Waals surface area contributed by atoms with Crippen LogP contribution in [0.1, 0.15) is 27.2 Å². The lowest BCUT2D eigenvalue weighted by Gasteiger charge is -2.29. The summed E-state index contributed by atoms with van der Waals surface area (Å²) in [7, 11) is -0.0442. The molecule has 0 radical (unpaired) electrons. The zero-order valence-corrected chi connectivity index (χ0v) is 13.3. The Hall–Kier alpha value is -0.660. The van der Waals surface area contributed by atoms with Crippen LogP contribution in [0.4, 0.5) is 0 Å². The average Bonchev–Trinajstić information content (AvgIpc) is 2.12. The van der Waals surface area contributed by atoms with Crippen LogP contribution in [0.25, 0.3) is 0 Å². The van der Waals surface area contributed by atoms with Crippen molar-refractivity contribution in [2.24, 2.45) is 5.41 Å². The fraction of sp³-hybridized carbons (Fsp3) is 0.917. The predicted molar refractivity (Wildman–Crippen MR) is 73.3 cm³/mol. The van der Waals surface area contributed by atoms with E-state index in [9.17, 15) is 13.2 Å². The first kappa shape index (κ1) is 18.3. The molecule has 114 valence electrons. The van der Waals surface area contributed by atoms with Gasteiger partial charge in [0.1, 0.15) is 13.2 Å². The number of esters is 1. The molecule has 0 aromatic rings. The molecule has 0 spiro atoms. The molecule has 7 heteroatoms.